The lowest BCUT2D eigenvalue weighted by molar-refractivity contribution is 0.310. The first-order chi connectivity index (χ1) is 7.20. The van der Waals surface area contributed by atoms with Gasteiger partial charge in [-0.1, -0.05) is 6.92 Å². The van der Waals surface area contributed by atoms with Crippen LogP contribution in [0.4, 0.5) is 0 Å². The zero-order valence-corrected chi connectivity index (χ0v) is 9.58. The molecule has 2 rings (SSSR count). The van der Waals surface area contributed by atoms with Crippen LogP contribution in [0.5, 0.6) is 0 Å². The van der Waals surface area contributed by atoms with E-state index in [2.05, 4.69) is 29.1 Å². The fourth-order valence-corrected chi connectivity index (χ4v) is 2.07. The van der Waals surface area contributed by atoms with Crippen molar-refractivity contribution >= 4 is 0 Å². The molecule has 3 N–H and O–H groups in total. The number of nitrogens with two attached hydrogens (primary N) is 1. The predicted octanol–water partition coefficient (Wildman–Crippen LogP) is 0.535. The number of nitrogens with one attached hydrogen (secondary N) is 1. The first-order valence-electron chi connectivity index (χ1n) is 5.64. The van der Waals surface area contributed by atoms with Crippen molar-refractivity contribution in [1.82, 2.24) is 15.1 Å². The number of aromatic amines is 1. The van der Waals surface area contributed by atoms with E-state index in [1.54, 1.807) is 0 Å². The minimum absolute atomic E-state index is 0.518. The van der Waals surface area contributed by atoms with Crippen molar-refractivity contribution in [3.63, 3.8) is 0 Å². The maximum Gasteiger partial charge on any atom is 0.0673 e. The number of hydrogen-bond acceptors (Lipinski definition) is 3. The van der Waals surface area contributed by atoms with E-state index in [0.29, 0.717) is 5.92 Å². The van der Waals surface area contributed by atoms with Gasteiger partial charge in [-0.15, -0.1) is 0 Å². The Labute approximate surface area is 90.8 Å². The van der Waals surface area contributed by atoms with Gasteiger partial charge in [-0.3, -0.25) is 5.10 Å². The molecule has 0 saturated carbocycles. The second kappa shape index (κ2) is 4.33. The van der Waals surface area contributed by atoms with Gasteiger partial charge in [-0.25, -0.2) is 0 Å². The van der Waals surface area contributed by atoms with E-state index in [4.69, 9.17) is 5.73 Å². The average Bonchev–Trinajstić information content (AvgIpc) is 2.61. The van der Waals surface area contributed by atoms with E-state index >= 15 is 0 Å². The van der Waals surface area contributed by atoms with Crippen LogP contribution in [0.2, 0.25) is 0 Å². The fourth-order valence-electron chi connectivity index (χ4n) is 2.07. The lowest BCUT2D eigenvalue weighted by atomic mass is 9.99. The molecule has 1 atom stereocenters. The maximum atomic E-state index is 5.64. The smallest absolute Gasteiger partial charge is 0.0673 e. The number of rotatable bonds is 3. The summed E-state index contributed by atoms with van der Waals surface area (Å²) in [6.07, 6.45) is 2.09. The molecule has 15 heavy (non-hydrogen) atoms. The average molecular weight is 208 g/mol. The highest BCUT2D eigenvalue weighted by molar-refractivity contribution is 5.27. The SMILES string of the molecule is CC(CN)Cc1n[nH]c2c1CN(C)CC2. The van der Waals surface area contributed by atoms with Crippen LogP contribution in [0.3, 0.4) is 0 Å². The van der Waals surface area contributed by atoms with Gasteiger partial charge in [0.05, 0.1) is 5.69 Å². The normalized spacial score (nSPS) is 18.9. The summed E-state index contributed by atoms with van der Waals surface area (Å²) in [6, 6.07) is 0. The van der Waals surface area contributed by atoms with Crippen LogP contribution >= 0.6 is 0 Å². The zero-order chi connectivity index (χ0) is 10.8. The molecular formula is C11H20N4. The lowest BCUT2D eigenvalue weighted by Crippen LogP contribution is -2.27. The minimum Gasteiger partial charge on any atom is -0.330 e. The molecule has 1 unspecified atom stereocenters. The third-order valence-corrected chi connectivity index (χ3v) is 3.15. The number of fused-ring (bicyclic) bond motifs is 1. The summed E-state index contributed by atoms with van der Waals surface area (Å²) in [4.78, 5) is 2.34. The first kappa shape index (κ1) is 10.6. The second-order valence-electron chi connectivity index (χ2n) is 4.66. The van der Waals surface area contributed by atoms with E-state index in [1.807, 2.05) is 0 Å². The molecule has 4 heteroatoms. The topological polar surface area (TPSA) is 57.9 Å². The quantitative estimate of drug-likeness (QED) is 0.762. The summed E-state index contributed by atoms with van der Waals surface area (Å²) in [7, 11) is 2.16. The van der Waals surface area contributed by atoms with Crippen LogP contribution in [0.15, 0.2) is 0 Å². The van der Waals surface area contributed by atoms with Gasteiger partial charge in [-0.05, 0) is 25.9 Å². The van der Waals surface area contributed by atoms with Gasteiger partial charge >= 0.3 is 0 Å². The number of hydrogen-bond donors (Lipinski definition) is 2. The van der Waals surface area contributed by atoms with E-state index in [1.165, 1.54) is 17.0 Å². The van der Waals surface area contributed by atoms with E-state index in [9.17, 15) is 0 Å². The minimum atomic E-state index is 0.518. The van der Waals surface area contributed by atoms with Gasteiger partial charge in [0, 0.05) is 30.8 Å². The third kappa shape index (κ3) is 2.21. The molecule has 0 amide bonds. The Kier molecular flexibility index (Phi) is 3.07. The van der Waals surface area contributed by atoms with Crippen LogP contribution in [0.1, 0.15) is 23.9 Å². The van der Waals surface area contributed by atoms with Crippen LogP contribution in [0, 0.1) is 5.92 Å². The molecule has 0 bridgehead atoms. The van der Waals surface area contributed by atoms with Crippen LogP contribution in [0.25, 0.3) is 0 Å². The molecular weight excluding hydrogens is 188 g/mol. The molecule has 84 valence electrons. The Hall–Kier alpha value is -0.870. The molecule has 1 aliphatic rings. The van der Waals surface area contributed by atoms with Gasteiger partial charge in [0.25, 0.3) is 0 Å². The predicted molar refractivity (Wildman–Crippen MR) is 60.5 cm³/mol. The highest BCUT2D eigenvalue weighted by Gasteiger charge is 2.20. The molecule has 0 aliphatic carbocycles. The standard InChI is InChI=1S/C11H20N4/c1-8(6-12)5-11-9-7-15(2)4-3-10(9)13-14-11/h8H,3-7,12H2,1-2H3,(H,13,14). The summed E-state index contributed by atoms with van der Waals surface area (Å²) >= 11 is 0. The van der Waals surface area contributed by atoms with Gasteiger partial charge < -0.3 is 10.6 Å². The van der Waals surface area contributed by atoms with Crippen molar-refractivity contribution in [3.8, 4) is 0 Å². The molecule has 0 fully saturated rings. The number of H-pyrrole nitrogens is 1. The van der Waals surface area contributed by atoms with Crippen molar-refractivity contribution < 1.29 is 0 Å². The van der Waals surface area contributed by atoms with Crippen molar-refractivity contribution in [2.45, 2.75) is 26.3 Å². The molecule has 2 heterocycles. The van der Waals surface area contributed by atoms with E-state index in [-0.39, 0.29) is 0 Å². The molecule has 1 aromatic heterocycles. The summed E-state index contributed by atoms with van der Waals surface area (Å²) in [6.45, 7) is 5.06. The molecule has 4 nitrogen and oxygen atoms in total. The molecule has 0 radical (unpaired) electrons. The molecule has 0 spiro atoms. The van der Waals surface area contributed by atoms with Gasteiger partial charge in [0.2, 0.25) is 0 Å². The molecule has 1 aromatic rings. The van der Waals surface area contributed by atoms with Crippen LogP contribution in [-0.4, -0.2) is 35.2 Å². The number of nitrogens with zero attached hydrogens (tertiary/aromatic N) is 2. The summed E-state index contributed by atoms with van der Waals surface area (Å²) < 4.78 is 0. The largest absolute Gasteiger partial charge is 0.330 e. The number of likely N-dealkylation sites (N-methyl/N-ethyl adjacent to an activating group) is 1. The van der Waals surface area contributed by atoms with Crippen molar-refractivity contribution in [3.05, 3.63) is 17.0 Å². The molecule has 1 aliphatic heterocycles. The van der Waals surface area contributed by atoms with Crippen molar-refractivity contribution in [2.75, 3.05) is 20.1 Å². The van der Waals surface area contributed by atoms with E-state index in [0.717, 1.165) is 32.5 Å². The Bertz CT molecular complexity index is 331. The Morgan fingerprint density at radius 2 is 2.40 bits per heavy atom. The van der Waals surface area contributed by atoms with Crippen LogP contribution < -0.4 is 5.73 Å². The Morgan fingerprint density at radius 3 is 3.13 bits per heavy atom. The summed E-state index contributed by atoms with van der Waals surface area (Å²) in [5, 5.41) is 7.57. The molecule has 0 saturated heterocycles. The summed E-state index contributed by atoms with van der Waals surface area (Å²) in [5.41, 5.74) is 9.59. The van der Waals surface area contributed by atoms with Gasteiger partial charge in [0.1, 0.15) is 0 Å². The van der Waals surface area contributed by atoms with Gasteiger partial charge in [0.15, 0.2) is 0 Å². The number of aromatic nitrogens is 2. The van der Waals surface area contributed by atoms with Crippen molar-refractivity contribution in [2.24, 2.45) is 11.7 Å². The maximum absolute atomic E-state index is 5.64. The first-order valence-corrected chi connectivity index (χ1v) is 5.64. The second-order valence-corrected chi connectivity index (χ2v) is 4.66. The third-order valence-electron chi connectivity index (χ3n) is 3.15. The zero-order valence-electron chi connectivity index (χ0n) is 9.58. The lowest BCUT2D eigenvalue weighted by Gasteiger charge is -2.22. The Balaban J connectivity index is 2.15. The molecule has 0 aromatic carbocycles. The highest BCUT2D eigenvalue weighted by atomic mass is 15.2. The highest BCUT2D eigenvalue weighted by Crippen LogP contribution is 2.21. The Morgan fingerprint density at radius 1 is 1.60 bits per heavy atom. The van der Waals surface area contributed by atoms with Crippen LogP contribution in [-0.2, 0) is 19.4 Å². The summed E-state index contributed by atoms with van der Waals surface area (Å²) in [5.74, 6) is 0.518. The van der Waals surface area contributed by atoms with Gasteiger partial charge in [-0.2, -0.15) is 5.10 Å². The van der Waals surface area contributed by atoms with E-state index < -0.39 is 0 Å². The fraction of sp³-hybridized carbons (Fsp3) is 0.727. The monoisotopic (exact) mass is 208 g/mol. The van der Waals surface area contributed by atoms with Crippen molar-refractivity contribution in [1.29, 1.82) is 0 Å².